The molecule has 0 radical (unpaired) electrons. The highest BCUT2D eigenvalue weighted by Gasteiger charge is 2.23. The van der Waals surface area contributed by atoms with Crippen LogP contribution in [0.1, 0.15) is 6.92 Å². The van der Waals surface area contributed by atoms with Crippen molar-refractivity contribution in [1.82, 2.24) is 0 Å². The summed E-state index contributed by atoms with van der Waals surface area (Å²) in [5.74, 6) is -0.294. The Kier molecular flexibility index (Phi) is 2.45. The van der Waals surface area contributed by atoms with Gasteiger partial charge in [-0.3, -0.25) is 0 Å². The topological polar surface area (TPSA) is 38.8 Å². The normalized spacial score (nSPS) is 23.1. The minimum atomic E-state index is -0.294. The van der Waals surface area contributed by atoms with Crippen molar-refractivity contribution in [2.45, 2.75) is 13.0 Å². The van der Waals surface area contributed by atoms with E-state index < -0.39 is 0 Å². The first kappa shape index (κ1) is 7.28. The average Bonchev–Trinajstić information content (AvgIpc) is 2.67. The van der Waals surface area contributed by atoms with Gasteiger partial charge in [0, 0.05) is 6.08 Å². The Bertz CT molecular complexity index is 147. The Morgan fingerprint density at radius 3 is 3.10 bits per heavy atom. The molecule has 1 aliphatic rings. The number of epoxide rings is 1. The maximum Gasteiger partial charge on any atom is 0.330 e. The standard InChI is InChI=1S/C7H10O3/c1-2-3-7(8)10-5-6-4-9-6/h2-3,6H,4-5H2,1H3/b3-2-. The second kappa shape index (κ2) is 3.37. The number of rotatable bonds is 3. The third kappa shape index (κ3) is 2.64. The summed E-state index contributed by atoms with van der Waals surface area (Å²) in [5, 5.41) is 0. The largest absolute Gasteiger partial charge is 0.460 e. The lowest BCUT2D eigenvalue weighted by Crippen LogP contribution is -2.06. The number of hydrogen-bond donors (Lipinski definition) is 0. The predicted molar refractivity (Wildman–Crippen MR) is 35.5 cm³/mol. The van der Waals surface area contributed by atoms with Crippen LogP contribution >= 0.6 is 0 Å². The zero-order valence-electron chi connectivity index (χ0n) is 5.87. The van der Waals surface area contributed by atoms with E-state index in [1.54, 1.807) is 13.0 Å². The van der Waals surface area contributed by atoms with Crippen LogP contribution in [0.4, 0.5) is 0 Å². The number of hydrogen-bond acceptors (Lipinski definition) is 3. The third-order valence-corrected chi connectivity index (χ3v) is 1.12. The van der Waals surface area contributed by atoms with E-state index in [1.807, 2.05) is 0 Å². The smallest absolute Gasteiger partial charge is 0.330 e. The van der Waals surface area contributed by atoms with Crippen molar-refractivity contribution in [3.63, 3.8) is 0 Å². The lowest BCUT2D eigenvalue weighted by atomic mass is 10.5. The van der Waals surface area contributed by atoms with Gasteiger partial charge in [-0.1, -0.05) is 6.08 Å². The highest BCUT2D eigenvalue weighted by molar-refractivity contribution is 5.81. The Hall–Kier alpha value is -0.830. The lowest BCUT2D eigenvalue weighted by Gasteiger charge is -1.95. The van der Waals surface area contributed by atoms with Gasteiger partial charge in [-0.15, -0.1) is 0 Å². The average molecular weight is 142 g/mol. The molecule has 1 saturated heterocycles. The molecule has 10 heavy (non-hydrogen) atoms. The number of allylic oxidation sites excluding steroid dienone is 1. The molecular weight excluding hydrogens is 132 g/mol. The number of esters is 1. The van der Waals surface area contributed by atoms with Crippen molar-refractivity contribution in [3.05, 3.63) is 12.2 Å². The maximum absolute atomic E-state index is 10.6. The molecular formula is C7H10O3. The molecule has 0 amide bonds. The second-order valence-electron chi connectivity index (χ2n) is 2.09. The predicted octanol–water partition coefficient (Wildman–Crippen LogP) is 0.505. The molecule has 1 heterocycles. The monoisotopic (exact) mass is 142 g/mol. The molecule has 1 atom stereocenters. The van der Waals surface area contributed by atoms with E-state index in [4.69, 9.17) is 9.47 Å². The van der Waals surface area contributed by atoms with Crippen molar-refractivity contribution in [2.24, 2.45) is 0 Å². The van der Waals surface area contributed by atoms with Crippen molar-refractivity contribution in [1.29, 1.82) is 0 Å². The Morgan fingerprint density at radius 1 is 1.90 bits per heavy atom. The van der Waals surface area contributed by atoms with Crippen molar-refractivity contribution in [2.75, 3.05) is 13.2 Å². The van der Waals surface area contributed by atoms with Gasteiger partial charge in [-0.25, -0.2) is 4.79 Å². The van der Waals surface area contributed by atoms with Gasteiger partial charge < -0.3 is 9.47 Å². The summed E-state index contributed by atoms with van der Waals surface area (Å²) in [6, 6.07) is 0. The zero-order valence-corrected chi connectivity index (χ0v) is 5.87. The summed E-state index contributed by atoms with van der Waals surface area (Å²) >= 11 is 0. The van der Waals surface area contributed by atoms with Gasteiger partial charge in [0.25, 0.3) is 0 Å². The fraction of sp³-hybridized carbons (Fsp3) is 0.571. The van der Waals surface area contributed by atoms with E-state index in [9.17, 15) is 4.79 Å². The summed E-state index contributed by atoms with van der Waals surface area (Å²) in [6.07, 6.45) is 3.20. The Balaban J connectivity index is 2.05. The summed E-state index contributed by atoms with van der Waals surface area (Å²) in [7, 11) is 0. The molecule has 0 N–H and O–H groups in total. The SMILES string of the molecule is C/C=C\C(=O)OCC1CO1. The first-order valence-electron chi connectivity index (χ1n) is 3.24. The van der Waals surface area contributed by atoms with Crippen LogP contribution in [0, 0.1) is 0 Å². The molecule has 0 aromatic rings. The van der Waals surface area contributed by atoms with Crippen molar-refractivity contribution < 1.29 is 14.3 Å². The molecule has 1 aliphatic heterocycles. The minimum absolute atomic E-state index is 0.161. The van der Waals surface area contributed by atoms with E-state index in [0.29, 0.717) is 6.61 Å². The number of carbonyl (C=O) groups excluding carboxylic acids is 1. The van der Waals surface area contributed by atoms with Gasteiger partial charge in [0.05, 0.1) is 6.61 Å². The maximum atomic E-state index is 10.6. The Morgan fingerprint density at radius 2 is 2.60 bits per heavy atom. The molecule has 1 unspecified atom stereocenters. The molecule has 0 saturated carbocycles. The van der Waals surface area contributed by atoms with Crippen molar-refractivity contribution in [3.8, 4) is 0 Å². The van der Waals surface area contributed by atoms with Gasteiger partial charge in [0.1, 0.15) is 12.7 Å². The van der Waals surface area contributed by atoms with Crippen LogP contribution in [0.3, 0.4) is 0 Å². The number of ether oxygens (including phenoxy) is 2. The van der Waals surface area contributed by atoms with E-state index in [2.05, 4.69) is 0 Å². The van der Waals surface area contributed by atoms with Crippen LogP contribution in [-0.2, 0) is 14.3 Å². The molecule has 3 heteroatoms. The Labute approximate surface area is 59.6 Å². The van der Waals surface area contributed by atoms with Gasteiger partial charge in [0.15, 0.2) is 0 Å². The highest BCUT2D eigenvalue weighted by atomic mass is 16.6. The quantitative estimate of drug-likeness (QED) is 0.327. The van der Waals surface area contributed by atoms with Crippen LogP contribution in [0.15, 0.2) is 12.2 Å². The van der Waals surface area contributed by atoms with Crippen LogP contribution in [0.25, 0.3) is 0 Å². The first-order chi connectivity index (χ1) is 4.83. The minimum Gasteiger partial charge on any atom is -0.460 e. The fourth-order valence-electron chi connectivity index (χ4n) is 0.524. The van der Waals surface area contributed by atoms with Gasteiger partial charge in [-0.05, 0) is 6.92 Å². The van der Waals surface area contributed by atoms with Crippen molar-refractivity contribution >= 4 is 5.97 Å². The van der Waals surface area contributed by atoms with Crippen LogP contribution in [0.5, 0.6) is 0 Å². The summed E-state index contributed by atoms with van der Waals surface area (Å²) in [6.45, 7) is 2.89. The van der Waals surface area contributed by atoms with Gasteiger partial charge in [0.2, 0.25) is 0 Å². The van der Waals surface area contributed by atoms with Gasteiger partial charge >= 0.3 is 5.97 Å². The summed E-state index contributed by atoms with van der Waals surface area (Å²) in [5.41, 5.74) is 0. The molecule has 0 aromatic heterocycles. The molecule has 0 aromatic carbocycles. The number of carbonyl (C=O) groups is 1. The van der Waals surface area contributed by atoms with Gasteiger partial charge in [-0.2, -0.15) is 0 Å². The molecule has 0 aliphatic carbocycles. The molecule has 1 rings (SSSR count). The fourth-order valence-corrected chi connectivity index (χ4v) is 0.524. The third-order valence-electron chi connectivity index (χ3n) is 1.12. The van der Waals surface area contributed by atoms with E-state index in [-0.39, 0.29) is 12.1 Å². The van der Waals surface area contributed by atoms with Crippen LogP contribution in [-0.4, -0.2) is 25.3 Å². The van der Waals surface area contributed by atoms with E-state index >= 15 is 0 Å². The summed E-state index contributed by atoms with van der Waals surface area (Å²) < 4.78 is 9.59. The molecule has 1 fully saturated rings. The second-order valence-corrected chi connectivity index (χ2v) is 2.09. The molecule has 56 valence electrons. The van der Waals surface area contributed by atoms with Crippen LogP contribution < -0.4 is 0 Å². The van der Waals surface area contributed by atoms with Crippen LogP contribution in [0.2, 0.25) is 0 Å². The molecule has 3 nitrogen and oxygen atoms in total. The molecule has 0 spiro atoms. The first-order valence-corrected chi connectivity index (χ1v) is 3.24. The zero-order chi connectivity index (χ0) is 7.40. The lowest BCUT2D eigenvalue weighted by molar-refractivity contribution is -0.138. The van der Waals surface area contributed by atoms with E-state index in [1.165, 1.54) is 6.08 Å². The van der Waals surface area contributed by atoms with E-state index in [0.717, 1.165) is 6.61 Å². The summed E-state index contributed by atoms with van der Waals surface area (Å²) in [4.78, 5) is 10.6. The molecule has 0 bridgehead atoms. The highest BCUT2D eigenvalue weighted by Crippen LogP contribution is 2.08.